The quantitative estimate of drug-likeness (QED) is 0.0256. The molecule has 1 rings (SSSR count). The van der Waals surface area contributed by atoms with Crippen LogP contribution in [0.3, 0.4) is 0 Å². The molecule has 1 heterocycles. The Labute approximate surface area is 339 Å². The molecule has 11 nitrogen and oxygen atoms in total. The number of hydrogen-bond donors (Lipinski definition) is 8. The van der Waals surface area contributed by atoms with E-state index in [9.17, 15) is 40.5 Å². The number of allylic oxidation sites excluding steroid dienone is 8. The Hall–Kier alpha value is -1.93. The van der Waals surface area contributed by atoms with E-state index in [0.29, 0.717) is 19.3 Å². The molecule has 0 radical (unpaired) electrons. The lowest BCUT2D eigenvalue weighted by Crippen LogP contribution is -2.60. The van der Waals surface area contributed by atoms with E-state index in [0.717, 1.165) is 70.6 Å². The first-order chi connectivity index (χ1) is 27.2. The molecule has 1 fully saturated rings. The van der Waals surface area contributed by atoms with E-state index >= 15 is 0 Å². The summed E-state index contributed by atoms with van der Waals surface area (Å²) in [6, 6.07) is -1.20. The topological polar surface area (TPSA) is 189 Å². The first-order valence-electron chi connectivity index (χ1n) is 22.0. The minimum Gasteiger partial charge on any atom is -0.394 e. The molecule has 0 aromatic rings. The number of aliphatic hydroxyl groups is 7. The van der Waals surface area contributed by atoms with Crippen LogP contribution in [0.25, 0.3) is 0 Å². The number of nitrogens with one attached hydrogen (secondary N) is 1. The van der Waals surface area contributed by atoms with E-state index < -0.39 is 74.2 Å². The van der Waals surface area contributed by atoms with Crippen LogP contribution in [0.5, 0.6) is 0 Å². The van der Waals surface area contributed by atoms with Crippen molar-refractivity contribution in [3.8, 4) is 0 Å². The van der Waals surface area contributed by atoms with Gasteiger partial charge in [-0.25, -0.2) is 0 Å². The highest BCUT2D eigenvalue weighted by Gasteiger charge is 2.44. The third-order valence-corrected chi connectivity index (χ3v) is 10.3. The van der Waals surface area contributed by atoms with Crippen molar-refractivity contribution in [1.29, 1.82) is 0 Å². The van der Waals surface area contributed by atoms with Gasteiger partial charge in [-0.1, -0.05) is 127 Å². The highest BCUT2D eigenvalue weighted by atomic mass is 16.7. The highest BCUT2D eigenvalue weighted by Crippen LogP contribution is 2.23. The molecule has 0 aromatic carbocycles. The Morgan fingerprint density at radius 2 is 1.12 bits per heavy atom. The molecule has 1 amide bonds. The van der Waals surface area contributed by atoms with Gasteiger partial charge in [-0.3, -0.25) is 4.79 Å². The zero-order chi connectivity index (χ0) is 41.2. The second-order valence-corrected chi connectivity index (χ2v) is 15.4. The Kier molecular flexibility index (Phi) is 32.6. The minimum atomic E-state index is -1.67. The van der Waals surface area contributed by atoms with Crippen molar-refractivity contribution in [3.63, 3.8) is 0 Å². The molecule has 0 saturated carbocycles. The van der Waals surface area contributed by atoms with E-state index in [1.807, 2.05) is 6.08 Å². The second kappa shape index (κ2) is 35.1. The molecule has 326 valence electrons. The van der Waals surface area contributed by atoms with Crippen LogP contribution in [-0.2, 0) is 14.3 Å². The van der Waals surface area contributed by atoms with E-state index in [1.54, 1.807) is 0 Å². The fraction of sp³-hybridized carbons (Fsp3) is 0.800. The maximum absolute atomic E-state index is 13.0. The number of aliphatic hydroxyl groups excluding tert-OH is 7. The predicted molar refractivity (Wildman–Crippen MR) is 224 cm³/mol. The van der Waals surface area contributed by atoms with Gasteiger partial charge in [0.25, 0.3) is 0 Å². The molecule has 11 heteroatoms. The summed E-state index contributed by atoms with van der Waals surface area (Å²) in [5.74, 6) is -0.721. The van der Waals surface area contributed by atoms with Gasteiger partial charge in [0.15, 0.2) is 6.29 Å². The summed E-state index contributed by atoms with van der Waals surface area (Å²) in [5, 5.41) is 75.4. The van der Waals surface area contributed by atoms with Crippen molar-refractivity contribution in [2.45, 2.75) is 217 Å². The summed E-state index contributed by atoms with van der Waals surface area (Å²) in [5.41, 5.74) is 0. The van der Waals surface area contributed by atoms with Crippen LogP contribution in [0.2, 0.25) is 0 Å². The van der Waals surface area contributed by atoms with Crippen LogP contribution in [0.4, 0.5) is 0 Å². The normalized spacial score (nSPS) is 22.8. The van der Waals surface area contributed by atoms with E-state index in [-0.39, 0.29) is 12.8 Å². The van der Waals surface area contributed by atoms with Crippen molar-refractivity contribution in [2.24, 2.45) is 0 Å². The number of ether oxygens (including phenoxy) is 2. The van der Waals surface area contributed by atoms with Crippen molar-refractivity contribution >= 4 is 5.91 Å². The molecular weight excluding hydrogens is 714 g/mol. The third kappa shape index (κ3) is 24.8. The number of carbonyl (C=O) groups is 1. The molecule has 56 heavy (non-hydrogen) atoms. The Morgan fingerprint density at radius 3 is 1.68 bits per heavy atom. The molecule has 1 aliphatic heterocycles. The van der Waals surface area contributed by atoms with Gasteiger partial charge < -0.3 is 50.5 Å². The fourth-order valence-corrected chi connectivity index (χ4v) is 6.65. The van der Waals surface area contributed by atoms with Crippen molar-refractivity contribution in [1.82, 2.24) is 5.32 Å². The standard InChI is InChI=1S/C45H81NO10/c1-3-5-7-9-11-13-15-17-18-19-21-23-25-27-29-31-33-38(49)44(54)46-36(35-55-45-43(53)42(52)41(51)39(34-47)56-45)40(50)37(48)32-30-28-26-24-22-20-16-14-12-10-8-6-4-2/h6,8,14,16-18,24,26,36-43,45,47-53H,3-5,7,9-13,15,19-23,25,27-35H2,1-2H3,(H,46,54)/b8-6+,16-14+,18-17-,26-24+. The number of carbonyl (C=O) groups excluding carboxylic acids is 1. The van der Waals surface area contributed by atoms with Gasteiger partial charge in [0.1, 0.15) is 36.6 Å². The molecule has 0 aliphatic carbocycles. The lowest BCUT2D eigenvalue weighted by Gasteiger charge is -2.40. The third-order valence-electron chi connectivity index (χ3n) is 10.3. The molecule has 0 bridgehead atoms. The lowest BCUT2D eigenvalue weighted by molar-refractivity contribution is -0.303. The molecule has 9 unspecified atom stereocenters. The van der Waals surface area contributed by atoms with Gasteiger partial charge in [0, 0.05) is 0 Å². The summed E-state index contributed by atoms with van der Waals surface area (Å²) in [4.78, 5) is 13.0. The van der Waals surface area contributed by atoms with Gasteiger partial charge >= 0.3 is 0 Å². The van der Waals surface area contributed by atoms with Crippen LogP contribution < -0.4 is 5.32 Å². The van der Waals surface area contributed by atoms with Gasteiger partial charge in [-0.05, 0) is 83.5 Å². The van der Waals surface area contributed by atoms with E-state index in [1.165, 1.54) is 44.9 Å². The average molecular weight is 796 g/mol. The van der Waals surface area contributed by atoms with E-state index in [4.69, 9.17) is 9.47 Å². The molecule has 1 aliphatic rings. The van der Waals surface area contributed by atoms with Crippen LogP contribution >= 0.6 is 0 Å². The summed E-state index contributed by atoms with van der Waals surface area (Å²) >= 11 is 0. The number of hydrogen-bond acceptors (Lipinski definition) is 10. The smallest absolute Gasteiger partial charge is 0.249 e. The predicted octanol–water partition coefficient (Wildman–Crippen LogP) is 6.61. The zero-order valence-electron chi connectivity index (χ0n) is 34.8. The molecule has 0 spiro atoms. The molecule has 1 saturated heterocycles. The van der Waals surface area contributed by atoms with Gasteiger partial charge in [-0.15, -0.1) is 0 Å². The first kappa shape index (κ1) is 52.1. The molecule has 9 atom stereocenters. The number of amides is 1. The molecule has 8 N–H and O–H groups in total. The Morgan fingerprint density at radius 1 is 0.625 bits per heavy atom. The summed E-state index contributed by atoms with van der Waals surface area (Å²) < 4.78 is 11.0. The van der Waals surface area contributed by atoms with Crippen LogP contribution in [0.15, 0.2) is 48.6 Å². The monoisotopic (exact) mass is 796 g/mol. The Bertz CT molecular complexity index is 1050. The zero-order valence-corrected chi connectivity index (χ0v) is 34.8. The van der Waals surface area contributed by atoms with Crippen molar-refractivity contribution in [2.75, 3.05) is 13.2 Å². The largest absolute Gasteiger partial charge is 0.394 e. The van der Waals surface area contributed by atoms with Gasteiger partial charge in [-0.2, -0.15) is 0 Å². The van der Waals surface area contributed by atoms with Crippen molar-refractivity contribution in [3.05, 3.63) is 48.6 Å². The lowest BCUT2D eigenvalue weighted by atomic mass is 9.98. The molecule has 0 aromatic heterocycles. The molecular formula is C45H81NO10. The number of rotatable bonds is 35. The van der Waals surface area contributed by atoms with Crippen LogP contribution in [0.1, 0.15) is 162 Å². The number of unbranched alkanes of at least 4 members (excludes halogenated alkanes) is 15. The second-order valence-electron chi connectivity index (χ2n) is 15.4. The summed E-state index contributed by atoms with van der Waals surface area (Å²) in [6.45, 7) is 3.27. The van der Waals surface area contributed by atoms with Crippen molar-refractivity contribution < 1.29 is 50.0 Å². The summed E-state index contributed by atoms with van der Waals surface area (Å²) in [6.07, 6.45) is 28.8. The van der Waals surface area contributed by atoms with Crippen LogP contribution in [0, 0.1) is 0 Å². The maximum atomic E-state index is 13.0. The SMILES string of the molecule is CC/C=C/CC/C=C/CC/C=C/CCCC(O)C(O)C(COC1OC(CO)C(O)C(O)C1O)NC(=O)C(O)CCCCCCCC/C=C\CCCCCCCC. The van der Waals surface area contributed by atoms with Gasteiger partial charge in [0.05, 0.1) is 25.4 Å². The average Bonchev–Trinajstić information content (AvgIpc) is 3.20. The van der Waals surface area contributed by atoms with E-state index in [2.05, 4.69) is 61.7 Å². The fourth-order valence-electron chi connectivity index (χ4n) is 6.65. The highest BCUT2D eigenvalue weighted by molar-refractivity contribution is 5.80. The van der Waals surface area contributed by atoms with Crippen LogP contribution in [-0.4, -0.2) is 110 Å². The van der Waals surface area contributed by atoms with Gasteiger partial charge in [0.2, 0.25) is 5.91 Å². The summed E-state index contributed by atoms with van der Waals surface area (Å²) in [7, 11) is 0. The maximum Gasteiger partial charge on any atom is 0.249 e. The minimum absolute atomic E-state index is 0.237. The Balaban J connectivity index is 2.52. The first-order valence-corrected chi connectivity index (χ1v) is 22.0.